The molecule has 0 saturated carbocycles. The van der Waals surface area contributed by atoms with E-state index in [-0.39, 0.29) is 12.4 Å². The molecule has 94 valence electrons. The van der Waals surface area contributed by atoms with Crippen molar-refractivity contribution in [2.45, 2.75) is 13.5 Å². The molecule has 0 aliphatic carbocycles. The van der Waals surface area contributed by atoms with Gasteiger partial charge in [-0.1, -0.05) is 0 Å². The molecule has 1 aromatic carbocycles. The summed E-state index contributed by atoms with van der Waals surface area (Å²) in [4.78, 5) is 4.09. The van der Waals surface area contributed by atoms with Crippen molar-refractivity contribution in [3.63, 3.8) is 0 Å². The summed E-state index contributed by atoms with van der Waals surface area (Å²) >= 11 is 3.28. The van der Waals surface area contributed by atoms with Crippen LogP contribution in [-0.4, -0.2) is 10.1 Å². The molecule has 0 saturated heterocycles. The third kappa shape index (κ3) is 2.86. The van der Waals surface area contributed by atoms with Gasteiger partial charge in [-0.25, -0.2) is 9.37 Å². The molecule has 0 spiro atoms. The molecule has 18 heavy (non-hydrogen) atoms. The molecule has 2 rings (SSSR count). The summed E-state index contributed by atoms with van der Waals surface area (Å²) in [5, 5.41) is 8.99. The van der Waals surface area contributed by atoms with E-state index in [0.29, 0.717) is 21.7 Å². The van der Waals surface area contributed by atoms with Gasteiger partial charge >= 0.3 is 0 Å². The fourth-order valence-corrected chi connectivity index (χ4v) is 1.80. The summed E-state index contributed by atoms with van der Waals surface area (Å²) in [5.74, 6) is 0.374. The Kier molecular flexibility index (Phi) is 3.93. The summed E-state index contributed by atoms with van der Waals surface area (Å²) in [5.41, 5.74) is 1.48. The van der Waals surface area contributed by atoms with Crippen molar-refractivity contribution in [3.8, 4) is 11.6 Å². The summed E-state index contributed by atoms with van der Waals surface area (Å²) in [6.45, 7) is 1.74. The first kappa shape index (κ1) is 13.0. The largest absolute Gasteiger partial charge is 0.437 e. The third-order valence-corrected chi connectivity index (χ3v) is 3.02. The van der Waals surface area contributed by atoms with Gasteiger partial charge in [0.2, 0.25) is 5.88 Å². The first-order valence-electron chi connectivity index (χ1n) is 5.29. The minimum absolute atomic E-state index is 0.0716. The number of aliphatic hydroxyl groups is 1. The molecule has 0 fully saturated rings. The van der Waals surface area contributed by atoms with Crippen LogP contribution in [0.2, 0.25) is 0 Å². The van der Waals surface area contributed by atoms with Crippen LogP contribution in [-0.2, 0) is 6.61 Å². The third-order valence-electron chi connectivity index (χ3n) is 2.37. The second kappa shape index (κ2) is 5.46. The van der Waals surface area contributed by atoms with Crippen LogP contribution in [0.25, 0.3) is 0 Å². The predicted molar refractivity (Wildman–Crippen MR) is 69.1 cm³/mol. The van der Waals surface area contributed by atoms with Crippen LogP contribution < -0.4 is 4.74 Å². The maximum atomic E-state index is 13.1. The van der Waals surface area contributed by atoms with E-state index >= 15 is 0 Å². The van der Waals surface area contributed by atoms with Gasteiger partial charge in [0.05, 0.1) is 11.1 Å². The second-order valence-electron chi connectivity index (χ2n) is 3.80. The van der Waals surface area contributed by atoms with Gasteiger partial charge in [0.25, 0.3) is 0 Å². The molecule has 0 bridgehead atoms. The highest BCUT2D eigenvalue weighted by Gasteiger charge is 2.08. The van der Waals surface area contributed by atoms with E-state index < -0.39 is 0 Å². The van der Waals surface area contributed by atoms with Crippen molar-refractivity contribution in [1.29, 1.82) is 0 Å². The minimum atomic E-state index is -0.377. The van der Waals surface area contributed by atoms with E-state index in [4.69, 9.17) is 9.84 Å². The summed E-state index contributed by atoms with van der Waals surface area (Å²) in [6, 6.07) is 5.97. The molecule has 3 nitrogen and oxygen atoms in total. The Bertz CT molecular complexity index is 575. The maximum Gasteiger partial charge on any atom is 0.222 e. The average molecular weight is 312 g/mol. The van der Waals surface area contributed by atoms with Gasteiger partial charge in [-0.15, -0.1) is 0 Å². The molecule has 0 aliphatic rings. The Balaban J connectivity index is 2.31. The van der Waals surface area contributed by atoms with Gasteiger partial charge in [0.15, 0.2) is 0 Å². The second-order valence-corrected chi connectivity index (χ2v) is 4.65. The van der Waals surface area contributed by atoms with Gasteiger partial charge in [-0.2, -0.15) is 0 Å². The van der Waals surface area contributed by atoms with Crippen LogP contribution in [0.1, 0.15) is 11.1 Å². The Morgan fingerprint density at radius 1 is 1.39 bits per heavy atom. The van der Waals surface area contributed by atoms with E-state index in [0.717, 1.165) is 5.56 Å². The first-order chi connectivity index (χ1) is 8.60. The van der Waals surface area contributed by atoms with Crippen LogP contribution in [0, 0.1) is 12.7 Å². The van der Waals surface area contributed by atoms with Gasteiger partial charge in [-0.05, 0) is 46.6 Å². The Morgan fingerprint density at radius 3 is 2.83 bits per heavy atom. The summed E-state index contributed by atoms with van der Waals surface area (Å²) in [7, 11) is 0. The highest BCUT2D eigenvalue weighted by atomic mass is 79.9. The monoisotopic (exact) mass is 311 g/mol. The Morgan fingerprint density at radius 2 is 2.17 bits per heavy atom. The van der Waals surface area contributed by atoms with E-state index in [9.17, 15) is 4.39 Å². The molecule has 1 aromatic heterocycles. The lowest BCUT2D eigenvalue weighted by Crippen LogP contribution is -1.95. The number of pyridine rings is 1. The van der Waals surface area contributed by atoms with Crippen molar-refractivity contribution in [2.24, 2.45) is 0 Å². The number of ether oxygens (including phenoxy) is 1. The Hall–Kier alpha value is -1.46. The van der Waals surface area contributed by atoms with E-state index in [1.807, 2.05) is 6.92 Å². The van der Waals surface area contributed by atoms with Gasteiger partial charge in [0, 0.05) is 17.8 Å². The number of rotatable bonds is 3. The van der Waals surface area contributed by atoms with E-state index in [2.05, 4.69) is 20.9 Å². The predicted octanol–water partition coefficient (Wildman–Crippen LogP) is 3.58. The topological polar surface area (TPSA) is 42.4 Å². The number of aromatic nitrogens is 1. The molecule has 0 unspecified atom stereocenters. The van der Waals surface area contributed by atoms with Crippen molar-refractivity contribution in [1.82, 2.24) is 4.98 Å². The van der Waals surface area contributed by atoms with Crippen molar-refractivity contribution < 1.29 is 14.2 Å². The lowest BCUT2D eigenvalue weighted by atomic mass is 10.2. The lowest BCUT2D eigenvalue weighted by molar-refractivity contribution is 0.281. The minimum Gasteiger partial charge on any atom is -0.437 e. The van der Waals surface area contributed by atoms with E-state index in [1.165, 1.54) is 18.3 Å². The zero-order valence-corrected chi connectivity index (χ0v) is 11.2. The van der Waals surface area contributed by atoms with Crippen LogP contribution >= 0.6 is 15.9 Å². The fraction of sp³-hybridized carbons (Fsp3) is 0.154. The Labute approximate surface area is 112 Å². The van der Waals surface area contributed by atoms with E-state index in [1.54, 1.807) is 12.1 Å². The molecular formula is C13H11BrFNO2. The average Bonchev–Trinajstić information content (AvgIpc) is 2.36. The molecule has 0 amide bonds. The van der Waals surface area contributed by atoms with Gasteiger partial charge < -0.3 is 9.84 Å². The molecule has 2 aromatic rings. The van der Waals surface area contributed by atoms with Crippen LogP contribution in [0.5, 0.6) is 11.6 Å². The first-order valence-corrected chi connectivity index (χ1v) is 6.08. The maximum absolute atomic E-state index is 13.1. The number of aliphatic hydroxyl groups excluding tert-OH is 1. The number of benzene rings is 1. The van der Waals surface area contributed by atoms with Crippen LogP contribution in [0.3, 0.4) is 0 Å². The highest BCUT2D eigenvalue weighted by molar-refractivity contribution is 9.10. The summed E-state index contributed by atoms with van der Waals surface area (Å²) in [6.07, 6.45) is 1.52. The van der Waals surface area contributed by atoms with Gasteiger partial charge in [-0.3, -0.25) is 0 Å². The van der Waals surface area contributed by atoms with Crippen molar-refractivity contribution >= 4 is 15.9 Å². The zero-order chi connectivity index (χ0) is 13.1. The summed E-state index contributed by atoms with van der Waals surface area (Å²) < 4.78 is 19.3. The number of aryl methyl sites for hydroxylation is 1. The van der Waals surface area contributed by atoms with Crippen molar-refractivity contribution in [3.05, 3.63) is 51.9 Å². The number of hydrogen-bond donors (Lipinski definition) is 1. The molecule has 5 heteroatoms. The van der Waals surface area contributed by atoms with Crippen LogP contribution in [0.4, 0.5) is 4.39 Å². The van der Waals surface area contributed by atoms with Crippen molar-refractivity contribution in [2.75, 3.05) is 0 Å². The standard InChI is InChI=1S/C13H11BrFNO2/c1-8-4-9(7-17)6-16-13(8)18-12-5-10(15)2-3-11(12)14/h2-6,17H,7H2,1H3. The number of nitrogens with zero attached hydrogens (tertiary/aromatic N) is 1. The normalized spacial score (nSPS) is 10.4. The molecule has 0 radical (unpaired) electrons. The molecule has 1 heterocycles. The smallest absolute Gasteiger partial charge is 0.222 e. The fourth-order valence-electron chi connectivity index (χ4n) is 1.47. The SMILES string of the molecule is Cc1cc(CO)cnc1Oc1cc(F)ccc1Br. The lowest BCUT2D eigenvalue weighted by Gasteiger charge is -2.10. The van der Waals surface area contributed by atoms with Gasteiger partial charge in [0.1, 0.15) is 11.6 Å². The number of hydrogen-bond acceptors (Lipinski definition) is 3. The molecule has 0 aliphatic heterocycles. The zero-order valence-electron chi connectivity index (χ0n) is 9.65. The molecule has 0 atom stereocenters. The molecular weight excluding hydrogens is 301 g/mol. The molecule has 1 N–H and O–H groups in total. The van der Waals surface area contributed by atoms with Crippen LogP contribution in [0.15, 0.2) is 34.9 Å². The highest BCUT2D eigenvalue weighted by Crippen LogP contribution is 2.30. The number of halogens is 2. The quantitative estimate of drug-likeness (QED) is 0.942.